The number of nitrogens with zero attached hydrogens (tertiary/aromatic N) is 3. The molecule has 1 N–H and O–H groups in total. The predicted octanol–water partition coefficient (Wildman–Crippen LogP) is 6.63. The average Bonchev–Trinajstić information content (AvgIpc) is 3.15. The number of unbranched alkanes of at least 4 members (excludes halogenated alkanes) is 1. The van der Waals surface area contributed by atoms with Crippen molar-refractivity contribution in [2.45, 2.75) is 33.1 Å². The molecule has 3 aromatic carbocycles. The van der Waals surface area contributed by atoms with Crippen LogP contribution in [0.3, 0.4) is 0 Å². The van der Waals surface area contributed by atoms with E-state index < -0.39 is 0 Å². The Morgan fingerprint density at radius 2 is 1.68 bits per heavy atom. The molecule has 0 bridgehead atoms. The minimum atomic E-state index is -0.332. The summed E-state index contributed by atoms with van der Waals surface area (Å²) < 4.78 is 0. The van der Waals surface area contributed by atoms with Crippen molar-refractivity contribution in [1.29, 1.82) is 0 Å². The molecule has 4 aromatic rings. The zero-order chi connectivity index (χ0) is 22.0. The first-order valence-corrected chi connectivity index (χ1v) is 10.9. The number of carbonyl (C=O) groups excluding carboxylic acids is 1. The van der Waals surface area contributed by atoms with E-state index in [2.05, 4.69) is 34.6 Å². The summed E-state index contributed by atoms with van der Waals surface area (Å²) in [7, 11) is 0. The maximum absolute atomic E-state index is 12.7. The number of benzene rings is 3. The zero-order valence-corrected chi connectivity index (χ0v) is 18.8. The second kappa shape index (κ2) is 9.08. The number of fused-ring (bicyclic) bond motifs is 1. The first kappa shape index (κ1) is 21.3. The molecule has 5 nitrogen and oxygen atoms in total. The van der Waals surface area contributed by atoms with Gasteiger partial charge in [-0.1, -0.05) is 54.7 Å². The Hall–Kier alpha value is -2.89. The second-order valence-electron chi connectivity index (χ2n) is 7.52. The molecular formula is C24H22Cl2N4O. The summed E-state index contributed by atoms with van der Waals surface area (Å²) in [6.07, 6.45) is 3.41. The fraction of sp³-hybridized carbons (Fsp3) is 0.208. The van der Waals surface area contributed by atoms with Crippen molar-refractivity contribution in [3.8, 4) is 5.69 Å². The van der Waals surface area contributed by atoms with Crippen molar-refractivity contribution in [3.05, 3.63) is 81.3 Å². The van der Waals surface area contributed by atoms with Crippen LogP contribution in [-0.4, -0.2) is 20.9 Å². The fourth-order valence-corrected chi connectivity index (χ4v) is 3.85. The molecule has 0 saturated heterocycles. The SMILES string of the molecule is CCCCc1ccc(-n2nc3cc(Cl)c(NC(=O)c4ccc(C)cc4Cl)cc3n2)cc1. The number of amides is 1. The van der Waals surface area contributed by atoms with Crippen molar-refractivity contribution < 1.29 is 4.79 Å². The Balaban J connectivity index is 1.59. The molecule has 0 unspecified atom stereocenters. The van der Waals surface area contributed by atoms with Crippen LogP contribution in [0.4, 0.5) is 5.69 Å². The van der Waals surface area contributed by atoms with Gasteiger partial charge in [-0.2, -0.15) is 4.80 Å². The summed E-state index contributed by atoms with van der Waals surface area (Å²) in [6, 6.07) is 16.9. The van der Waals surface area contributed by atoms with Gasteiger partial charge in [0.2, 0.25) is 0 Å². The van der Waals surface area contributed by atoms with Crippen LogP contribution < -0.4 is 5.32 Å². The van der Waals surface area contributed by atoms with Crippen LogP contribution in [-0.2, 0) is 6.42 Å². The lowest BCUT2D eigenvalue weighted by Crippen LogP contribution is -2.12. The van der Waals surface area contributed by atoms with Crippen LogP contribution >= 0.6 is 23.2 Å². The summed E-state index contributed by atoms with van der Waals surface area (Å²) in [6.45, 7) is 4.10. The van der Waals surface area contributed by atoms with Crippen LogP contribution in [0.5, 0.6) is 0 Å². The molecule has 0 fully saturated rings. The smallest absolute Gasteiger partial charge is 0.257 e. The summed E-state index contributed by atoms with van der Waals surface area (Å²) >= 11 is 12.6. The van der Waals surface area contributed by atoms with E-state index in [9.17, 15) is 4.79 Å². The molecule has 0 aliphatic heterocycles. The quantitative estimate of drug-likeness (QED) is 0.357. The first-order chi connectivity index (χ1) is 14.9. The van der Waals surface area contributed by atoms with Gasteiger partial charge < -0.3 is 5.32 Å². The van der Waals surface area contributed by atoms with E-state index in [0.29, 0.717) is 32.3 Å². The molecule has 1 amide bonds. The van der Waals surface area contributed by atoms with Gasteiger partial charge >= 0.3 is 0 Å². The van der Waals surface area contributed by atoms with E-state index in [1.165, 1.54) is 18.4 Å². The molecule has 7 heteroatoms. The van der Waals surface area contributed by atoms with E-state index in [1.807, 2.05) is 25.1 Å². The first-order valence-electron chi connectivity index (χ1n) is 10.2. The predicted molar refractivity (Wildman–Crippen MR) is 127 cm³/mol. The highest BCUT2D eigenvalue weighted by Crippen LogP contribution is 2.28. The van der Waals surface area contributed by atoms with Gasteiger partial charge in [0.15, 0.2) is 0 Å². The fourth-order valence-electron chi connectivity index (χ4n) is 3.32. The van der Waals surface area contributed by atoms with Gasteiger partial charge in [0.05, 0.1) is 27.0 Å². The second-order valence-corrected chi connectivity index (χ2v) is 8.33. The standard InChI is InChI=1S/C24H22Cl2N4O/c1-3-4-5-16-7-9-17(10-8-16)30-28-22-13-20(26)21(14-23(22)29-30)27-24(31)18-11-6-15(2)12-19(18)25/h6-14H,3-5H2,1-2H3,(H,27,31). The topological polar surface area (TPSA) is 59.8 Å². The number of rotatable bonds is 6. The van der Waals surface area contributed by atoms with E-state index in [0.717, 1.165) is 17.7 Å². The Morgan fingerprint density at radius 3 is 2.35 bits per heavy atom. The van der Waals surface area contributed by atoms with Crippen molar-refractivity contribution in [2.24, 2.45) is 0 Å². The van der Waals surface area contributed by atoms with Gasteiger partial charge in [0, 0.05) is 0 Å². The van der Waals surface area contributed by atoms with Crippen LogP contribution in [0.15, 0.2) is 54.6 Å². The summed E-state index contributed by atoms with van der Waals surface area (Å²) in [5, 5.41) is 12.7. The molecule has 158 valence electrons. The van der Waals surface area contributed by atoms with Gasteiger partial charge in [0.1, 0.15) is 11.0 Å². The van der Waals surface area contributed by atoms with E-state index in [1.54, 1.807) is 29.1 Å². The largest absolute Gasteiger partial charge is 0.321 e. The molecule has 4 rings (SSSR count). The number of carbonyl (C=O) groups is 1. The van der Waals surface area contributed by atoms with Crippen LogP contribution in [0.25, 0.3) is 16.7 Å². The van der Waals surface area contributed by atoms with E-state index in [-0.39, 0.29) is 5.91 Å². The number of anilines is 1. The van der Waals surface area contributed by atoms with Crippen molar-refractivity contribution in [2.75, 3.05) is 5.32 Å². The molecule has 0 atom stereocenters. The van der Waals surface area contributed by atoms with Gasteiger partial charge in [-0.15, -0.1) is 10.2 Å². The number of hydrogen-bond acceptors (Lipinski definition) is 3. The highest BCUT2D eigenvalue weighted by Gasteiger charge is 2.15. The molecule has 1 aromatic heterocycles. The monoisotopic (exact) mass is 452 g/mol. The molecule has 0 aliphatic rings. The normalized spacial score (nSPS) is 11.1. The maximum Gasteiger partial charge on any atom is 0.257 e. The van der Waals surface area contributed by atoms with Gasteiger partial charge in [0.25, 0.3) is 5.91 Å². The van der Waals surface area contributed by atoms with Crippen LogP contribution in [0, 0.1) is 6.92 Å². The third-order valence-electron chi connectivity index (χ3n) is 5.07. The summed E-state index contributed by atoms with van der Waals surface area (Å²) in [5.41, 5.74) is 5.26. The lowest BCUT2D eigenvalue weighted by molar-refractivity contribution is 0.102. The molecule has 1 heterocycles. The number of aryl methyl sites for hydroxylation is 2. The molecule has 0 spiro atoms. The number of hydrogen-bond donors (Lipinski definition) is 1. The molecular weight excluding hydrogens is 431 g/mol. The summed E-state index contributed by atoms with van der Waals surface area (Å²) in [4.78, 5) is 14.2. The Morgan fingerprint density at radius 1 is 0.968 bits per heavy atom. The Labute approximate surface area is 191 Å². The van der Waals surface area contributed by atoms with Gasteiger partial charge in [-0.25, -0.2) is 0 Å². The lowest BCUT2D eigenvalue weighted by atomic mass is 10.1. The van der Waals surface area contributed by atoms with Crippen LogP contribution in [0.1, 0.15) is 41.3 Å². The molecule has 0 radical (unpaired) electrons. The Kier molecular flexibility index (Phi) is 6.25. The molecule has 0 saturated carbocycles. The number of aromatic nitrogens is 3. The molecule has 31 heavy (non-hydrogen) atoms. The highest BCUT2D eigenvalue weighted by molar-refractivity contribution is 6.36. The minimum Gasteiger partial charge on any atom is -0.321 e. The zero-order valence-electron chi connectivity index (χ0n) is 17.3. The van der Waals surface area contributed by atoms with E-state index in [4.69, 9.17) is 23.2 Å². The third-order valence-corrected chi connectivity index (χ3v) is 5.70. The van der Waals surface area contributed by atoms with Gasteiger partial charge in [-0.05, 0) is 67.3 Å². The van der Waals surface area contributed by atoms with Crippen molar-refractivity contribution >= 4 is 45.8 Å². The van der Waals surface area contributed by atoms with E-state index >= 15 is 0 Å². The Bertz CT molecular complexity index is 1250. The molecule has 0 aliphatic carbocycles. The van der Waals surface area contributed by atoms with Crippen molar-refractivity contribution in [3.63, 3.8) is 0 Å². The number of nitrogens with one attached hydrogen (secondary N) is 1. The highest BCUT2D eigenvalue weighted by atomic mass is 35.5. The number of halogens is 2. The minimum absolute atomic E-state index is 0.332. The lowest BCUT2D eigenvalue weighted by Gasteiger charge is -2.08. The van der Waals surface area contributed by atoms with Gasteiger partial charge in [-0.3, -0.25) is 4.79 Å². The summed E-state index contributed by atoms with van der Waals surface area (Å²) in [5.74, 6) is -0.332. The maximum atomic E-state index is 12.7. The average molecular weight is 453 g/mol. The van der Waals surface area contributed by atoms with Crippen LogP contribution in [0.2, 0.25) is 10.0 Å². The van der Waals surface area contributed by atoms with Crippen molar-refractivity contribution in [1.82, 2.24) is 15.0 Å². The third kappa shape index (κ3) is 4.73.